The van der Waals surface area contributed by atoms with E-state index in [2.05, 4.69) is 31.0 Å². The first-order valence-electron chi connectivity index (χ1n) is 6.53. The summed E-state index contributed by atoms with van der Waals surface area (Å²) in [4.78, 5) is 2.62. The van der Waals surface area contributed by atoms with E-state index >= 15 is 0 Å². The molecule has 16 heavy (non-hydrogen) atoms. The molecule has 0 saturated carbocycles. The van der Waals surface area contributed by atoms with E-state index in [4.69, 9.17) is 4.74 Å². The quantitative estimate of drug-likeness (QED) is 0.727. The number of unbranched alkanes of at least 4 members (excludes halogenated alkanes) is 1. The van der Waals surface area contributed by atoms with Crippen molar-refractivity contribution in [3.05, 3.63) is 0 Å². The molecule has 1 aliphatic heterocycles. The molecule has 1 fully saturated rings. The Bertz CT molecular complexity index is 194. The molecule has 0 spiro atoms. The van der Waals surface area contributed by atoms with Gasteiger partial charge in [0.2, 0.25) is 0 Å². The predicted octanol–water partition coefficient (Wildman–Crippen LogP) is 1.88. The lowest BCUT2D eigenvalue weighted by molar-refractivity contribution is 0.159. The van der Waals surface area contributed by atoms with E-state index in [1.54, 1.807) is 7.11 Å². The summed E-state index contributed by atoms with van der Waals surface area (Å²) in [5.74, 6) is 0. The molecule has 0 aromatic carbocycles. The van der Waals surface area contributed by atoms with Crippen LogP contribution >= 0.6 is 0 Å². The first-order valence-corrected chi connectivity index (χ1v) is 6.53. The Morgan fingerprint density at radius 1 is 1.38 bits per heavy atom. The van der Waals surface area contributed by atoms with Crippen LogP contribution in [0.2, 0.25) is 0 Å². The first kappa shape index (κ1) is 13.9. The second-order valence-corrected chi connectivity index (χ2v) is 5.62. The van der Waals surface area contributed by atoms with Crippen molar-refractivity contribution in [1.29, 1.82) is 0 Å². The van der Waals surface area contributed by atoms with Crippen molar-refractivity contribution in [2.24, 2.45) is 0 Å². The number of hydrogen-bond donors (Lipinski definition) is 1. The smallest absolute Gasteiger partial charge is 0.0462 e. The molecule has 1 heterocycles. The van der Waals surface area contributed by atoms with Gasteiger partial charge in [-0.2, -0.15) is 0 Å². The maximum Gasteiger partial charge on any atom is 0.0462 e. The van der Waals surface area contributed by atoms with Crippen molar-refractivity contribution < 1.29 is 4.74 Å². The van der Waals surface area contributed by atoms with Gasteiger partial charge in [0.25, 0.3) is 0 Å². The molecule has 0 radical (unpaired) electrons. The Hall–Kier alpha value is -0.120. The van der Waals surface area contributed by atoms with Gasteiger partial charge in [-0.3, -0.25) is 4.90 Å². The summed E-state index contributed by atoms with van der Waals surface area (Å²) in [7, 11) is 1.78. The van der Waals surface area contributed by atoms with Crippen LogP contribution in [0.3, 0.4) is 0 Å². The van der Waals surface area contributed by atoms with Crippen LogP contribution in [0, 0.1) is 0 Å². The van der Waals surface area contributed by atoms with Gasteiger partial charge in [-0.15, -0.1) is 0 Å². The van der Waals surface area contributed by atoms with Crippen molar-refractivity contribution in [2.45, 2.75) is 51.6 Å². The van der Waals surface area contributed by atoms with Gasteiger partial charge in [0, 0.05) is 31.8 Å². The average Bonchev–Trinajstić information content (AvgIpc) is 2.33. The molecule has 0 aliphatic carbocycles. The number of nitrogens with zero attached hydrogens (tertiary/aromatic N) is 1. The van der Waals surface area contributed by atoms with Crippen molar-refractivity contribution in [2.75, 3.05) is 33.4 Å². The van der Waals surface area contributed by atoms with Crippen molar-refractivity contribution in [3.63, 3.8) is 0 Å². The number of ether oxygens (including phenoxy) is 1. The molecule has 1 atom stereocenters. The standard InChI is InChI=1S/C13H28N2O/c1-12-7-8-14-13(2,3)11-15(12)9-5-6-10-16-4/h12,14H,5-11H2,1-4H3. The molecular weight excluding hydrogens is 200 g/mol. The number of rotatable bonds is 5. The van der Waals surface area contributed by atoms with Crippen LogP contribution in [0.1, 0.15) is 40.0 Å². The normalized spacial score (nSPS) is 26.6. The van der Waals surface area contributed by atoms with Crippen LogP contribution in [0.5, 0.6) is 0 Å². The van der Waals surface area contributed by atoms with E-state index in [1.807, 2.05) is 0 Å². The molecule has 3 nitrogen and oxygen atoms in total. The topological polar surface area (TPSA) is 24.5 Å². The summed E-state index contributed by atoms with van der Waals surface area (Å²) < 4.78 is 5.09. The third-order valence-electron chi connectivity index (χ3n) is 3.43. The third kappa shape index (κ3) is 4.81. The number of hydrogen-bond acceptors (Lipinski definition) is 3. The Morgan fingerprint density at radius 2 is 2.12 bits per heavy atom. The van der Waals surface area contributed by atoms with Crippen molar-refractivity contribution >= 4 is 0 Å². The number of nitrogens with one attached hydrogen (secondary N) is 1. The molecule has 96 valence electrons. The molecule has 0 bridgehead atoms. The lowest BCUT2D eigenvalue weighted by atomic mass is 10.1. The minimum Gasteiger partial charge on any atom is -0.385 e. The highest BCUT2D eigenvalue weighted by Gasteiger charge is 2.27. The first-order chi connectivity index (χ1) is 7.55. The molecule has 1 saturated heterocycles. The minimum atomic E-state index is 0.256. The molecule has 0 aromatic rings. The van der Waals surface area contributed by atoms with Crippen molar-refractivity contribution in [3.8, 4) is 0 Å². The summed E-state index contributed by atoms with van der Waals surface area (Å²) in [5, 5.41) is 3.62. The Labute approximate surface area is 101 Å². The zero-order valence-electron chi connectivity index (χ0n) is 11.4. The molecule has 0 amide bonds. The number of methoxy groups -OCH3 is 1. The molecule has 3 heteroatoms. The monoisotopic (exact) mass is 228 g/mol. The van der Waals surface area contributed by atoms with Crippen LogP contribution in [0.15, 0.2) is 0 Å². The molecular formula is C13H28N2O. The fourth-order valence-electron chi connectivity index (χ4n) is 2.38. The largest absolute Gasteiger partial charge is 0.385 e. The summed E-state index contributed by atoms with van der Waals surface area (Å²) >= 11 is 0. The summed E-state index contributed by atoms with van der Waals surface area (Å²) in [6, 6.07) is 0.705. The second kappa shape index (κ2) is 6.58. The SMILES string of the molecule is COCCCCN1CC(C)(C)NCCC1C. The molecule has 1 rings (SSSR count). The van der Waals surface area contributed by atoms with Crippen LogP contribution in [0.25, 0.3) is 0 Å². The lowest BCUT2D eigenvalue weighted by Crippen LogP contribution is -2.47. The Morgan fingerprint density at radius 3 is 2.81 bits per heavy atom. The molecule has 1 N–H and O–H groups in total. The molecule has 0 aromatic heterocycles. The van der Waals surface area contributed by atoms with Crippen LogP contribution < -0.4 is 5.32 Å². The maximum atomic E-state index is 5.09. The van der Waals surface area contributed by atoms with Gasteiger partial charge in [0.1, 0.15) is 0 Å². The van der Waals surface area contributed by atoms with Gasteiger partial charge >= 0.3 is 0 Å². The highest BCUT2D eigenvalue weighted by molar-refractivity contribution is 4.87. The summed E-state index contributed by atoms with van der Waals surface area (Å²) in [6.07, 6.45) is 3.68. The highest BCUT2D eigenvalue weighted by atomic mass is 16.5. The van der Waals surface area contributed by atoms with Gasteiger partial charge in [-0.05, 0) is 53.1 Å². The predicted molar refractivity (Wildman–Crippen MR) is 68.8 cm³/mol. The van der Waals surface area contributed by atoms with Crippen LogP contribution in [-0.4, -0.2) is 49.8 Å². The van der Waals surface area contributed by atoms with E-state index in [0.717, 1.165) is 19.7 Å². The van der Waals surface area contributed by atoms with Crippen LogP contribution in [0.4, 0.5) is 0 Å². The second-order valence-electron chi connectivity index (χ2n) is 5.62. The Balaban J connectivity index is 2.35. The molecule has 1 aliphatic rings. The fourth-order valence-corrected chi connectivity index (χ4v) is 2.38. The van der Waals surface area contributed by atoms with E-state index in [9.17, 15) is 0 Å². The van der Waals surface area contributed by atoms with Crippen LogP contribution in [-0.2, 0) is 4.74 Å². The van der Waals surface area contributed by atoms with Gasteiger partial charge in [0.15, 0.2) is 0 Å². The van der Waals surface area contributed by atoms with Gasteiger partial charge < -0.3 is 10.1 Å². The minimum absolute atomic E-state index is 0.256. The van der Waals surface area contributed by atoms with Gasteiger partial charge in [0.05, 0.1) is 0 Å². The summed E-state index contributed by atoms with van der Waals surface area (Å²) in [6.45, 7) is 11.3. The van der Waals surface area contributed by atoms with Crippen molar-refractivity contribution in [1.82, 2.24) is 10.2 Å². The highest BCUT2D eigenvalue weighted by Crippen LogP contribution is 2.16. The molecule has 1 unspecified atom stereocenters. The zero-order valence-corrected chi connectivity index (χ0v) is 11.4. The Kier molecular flexibility index (Phi) is 5.73. The van der Waals surface area contributed by atoms with E-state index in [1.165, 1.54) is 25.8 Å². The van der Waals surface area contributed by atoms with E-state index in [0.29, 0.717) is 6.04 Å². The summed E-state index contributed by atoms with van der Waals surface area (Å²) in [5.41, 5.74) is 0.256. The average molecular weight is 228 g/mol. The van der Waals surface area contributed by atoms with E-state index in [-0.39, 0.29) is 5.54 Å². The third-order valence-corrected chi connectivity index (χ3v) is 3.43. The van der Waals surface area contributed by atoms with E-state index < -0.39 is 0 Å². The lowest BCUT2D eigenvalue weighted by Gasteiger charge is -2.32. The maximum absolute atomic E-state index is 5.09. The van der Waals surface area contributed by atoms with Gasteiger partial charge in [-0.25, -0.2) is 0 Å². The van der Waals surface area contributed by atoms with Gasteiger partial charge in [-0.1, -0.05) is 0 Å². The zero-order chi connectivity index (χ0) is 12.0. The fraction of sp³-hybridized carbons (Fsp3) is 1.00.